The molecule has 0 aliphatic rings. The number of carboxylic acids is 1. The lowest BCUT2D eigenvalue weighted by Crippen LogP contribution is -2.51. The van der Waals surface area contributed by atoms with Crippen LogP contribution in [0, 0.1) is 5.92 Å². The minimum atomic E-state index is -1.20. The van der Waals surface area contributed by atoms with Crippen LogP contribution >= 0.6 is 0 Å². The number of carbonyl (C=O) groups is 3. The van der Waals surface area contributed by atoms with Crippen LogP contribution in [0.3, 0.4) is 0 Å². The summed E-state index contributed by atoms with van der Waals surface area (Å²) < 4.78 is 0. The van der Waals surface area contributed by atoms with E-state index >= 15 is 0 Å². The second-order valence-corrected chi connectivity index (χ2v) is 7.65. The Labute approximate surface area is 189 Å². The molecule has 2 aromatic rings. The molecule has 0 bridgehead atoms. The number of hydrogen-bond donors (Lipinski definition) is 3. The van der Waals surface area contributed by atoms with Gasteiger partial charge in [-0.3, -0.25) is 14.5 Å². The molecule has 2 rings (SSSR count). The third kappa shape index (κ3) is 9.70. The van der Waals surface area contributed by atoms with E-state index in [4.69, 9.17) is 11.5 Å². The molecular weight excluding hydrogens is 408 g/mol. The maximum absolute atomic E-state index is 12.6. The second kappa shape index (κ2) is 14.7. The summed E-state index contributed by atoms with van der Waals surface area (Å²) in [5.41, 5.74) is 11.5. The monoisotopic (exact) mass is 442 g/mol. The van der Waals surface area contributed by atoms with Gasteiger partial charge < -0.3 is 16.6 Å². The Morgan fingerprint density at radius 3 is 2.12 bits per heavy atom. The number of nitrogen functional groups attached to an aromatic ring is 1. The number of nitrogens with zero attached hydrogens (tertiary/aromatic N) is 2. The number of carbonyl (C=O) groups excluding carboxylic acids is 2. The molecule has 1 heterocycles. The lowest BCUT2D eigenvalue weighted by atomic mass is 10.0. The zero-order valence-electron chi connectivity index (χ0n) is 18.8. The average molecular weight is 443 g/mol. The molecule has 0 aliphatic heterocycles. The van der Waals surface area contributed by atoms with E-state index in [-0.39, 0.29) is 12.8 Å². The van der Waals surface area contributed by atoms with Gasteiger partial charge in [-0.2, -0.15) is 0 Å². The fraction of sp³-hybridized carbons (Fsp3) is 0.417. The topological polar surface area (TPSA) is 140 Å². The largest absolute Gasteiger partial charge is 0.480 e. The lowest BCUT2D eigenvalue weighted by molar-refractivity contribution is -0.159. The number of imide groups is 1. The van der Waals surface area contributed by atoms with E-state index in [0.29, 0.717) is 18.8 Å². The highest BCUT2D eigenvalue weighted by atomic mass is 16.4. The molecule has 174 valence electrons. The Bertz CT molecular complexity index is 828. The zero-order chi connectivity index (χ0) is 23.9. The van der Waals surface area contributed by atoms with Crippen LogP contribution in [0.15, 0.2) is 54.7 Å². The maximum atomic E-state index is 12.6. The van der Waals surface area contributed by atoms with E-state index in [1.807, 2.05) is 18.2 Å². The molecule has 8 nitrogen and oxygen atoms in total. The Kier molecular flexibility index (Phi) is 12.3. The molecule has 32 heavy (non-hydrogen) atoms. The van der Waals surface area contributed by atoms with E-state index in [2.05, 4.69) is 4.98 Å². The summed E-state index contributed by atoms with van der Waals surface area (Å²) in [6, 6.07) is 13.3. The average Bonchev–Trinajstić information content (AvgIpc) is 2.77. The van der Waals surface area contributed by atoms with Crippen molar-refractivity contribution in [3.63, 3.8) is 0 Å². The van der Waals surface area contributed by atoms with Crippen LogP contribution in [-0.2, 0) is 20.8 Å². The fourth-order valence-electron chi connectivity index (χ4n) is 2.95. The molecule has 1 atom stereocenters. The number of aromatic nitrogens is 1. The summed E-state index contributed by atoms with van der Waals surface area (Å²) in [5.74, 6) is -1.94. The van der Waals surface area contributed by atoms with Crippen LogP contribution in [0.2, 0.25) is 0 Å². The second-order valence-electron chi connectivity index (χ2n) is 7.65. The van der Waals surface area contributed by atoms with Crippen molar-refractivity contribution in [2.45, 2.75) is 52.0 Å². The predicted octanol–water partition coefficient (Wildman–Crippen LogP) is 2.88. The fourth-order valence-corrected chi connectivity index (χ4v) is 2.95. The van der Waals surface area contributed by atoms with Gasteiger partial charge in [0, 0.05) is 25.0 Å². The van der Waals surface area contributed by atoms with Crippen LogP contribution < -0.4 is 11.5 Å². The highest BCUT2D eigenvalue weighted by Gasteiger charge is 2.35. The molecule has 1 aromatic carbocycles. The van der Waals surface area contributed by atoms with Gasteiger partial charge in [0.15, 0.2) is 0 Å². The van der Waals surface area contributed by atoms with E-state index in [1.54, 1.807) is 50.4 Å². The van der Waals surface area contributed by atoms with Crippen LogP contribution in [0.25, 0.3) is 0 Å². The molecule has 8 heteroatoms. The standard InChI is InChI=1S/C19H28N2O4.C5H6N2/c1-14(2)18(23)21(17(22)11-7-4-8-12-20)16(19(24)25)13-15-9-5-3-6-10-15;6-5-3-1-2-4-7-5/h3,5-6,9-10,14,16H,4,7-8,11-13,20H2,1-2H3,(H,24,25);1-4H,(H2,6,7)/t16-;/m0./s1. The number of pyridine rings is 1. The number of benzene rings is 1. The number of unbranched alkanes of at least 4 members (excludes halogenated alkanes) is 2. The quantitative estimate of drug-likeness (QED) is 0.481. The highest BCUT2D eigenvalue weighted by Crippen LogP contribution is 2.16. The molecule has 0 radical (unpaired) electrons. The van der Waals surface area contributed by atoms with Crippen molar-refractivity contribution in [2.75, 3.05) is 12.3 Å². The Balaban J connectivity index is 0.000000616. The third-order valence-electron chi connectivity index (χ3n) is 4.65. The molecule has 0 aliphatic carbocycles. The molecule has 0 saturated heterocycles. The van der Waals surface area contributed by atoms with Crippen LogP contribution in [0.4, 0.5) is 5.82 Å². The number of nitrogens with two attached hydrogens (primary N) is 2. The Hall–Kier alpha value is -3.26. The number of rotatable bonds is 10. The molecule has 0 unspecified atom stereocenters. The molecule has 0 fully saturated rings. The van der Waals surface area contributed by atoms with Crippen molar-refractivity contribution in [1.29, 1.82) is 0 Å². The summed E-state index contributed by atoms with van der Waals surface area (Å²) in [7, 11) is 0. The van der Waals surface area contributed by atoms with Gasteiger partial charge in [-0.25, -0.2) is 9.78 Å². The summed E-state index contributed by atoms with van der Waals surface area (Å²) in [6.45, 7) is 3.88. The number of anilines is 1. The summed E-state index contributed by atoms with van der Waals surface area (Å²) in [5, 5.41) is 9.63. The maximum Gasteiger partial charge on any atom is 0.327 e. The summed E-state index contributed by atoms with van der Waals surface area (Å²) in [6.07, 6.45) is 4.09. The van der Waals surface area contributed by atoms with Gasteiger partial charge in [-0.1, -0.05) is 56.7 Å². The molecule has 0 saturated carbocycles. The van der Waals surface area contributed by atoms with Gasteiger partial charge in [0.05, 0.1) is 0 Å². The van der Waals surface area contributed by atoms with Crippen molar-refractivity contribution >= 4 is 23.6 Å². The first-order valence-electron chi connectivity index (χ1n) is 10.8. The molecule has 0 spiro atoms. The minimum absolute atomic E-state index is 0.100. The molecular formula is C24H34N4O4. The number of hydrogen-bond acceptors (Lipinski definition) is 6. The van der Waals surface area contributed by atoms with Crippen molar-refractivity contribution in [3.05, 3.63) is 60.3 Å². The lowest BCUT2D eigenvalue weighted by Gasteiger charge is -2.29. The first kappa shape index (κ1) is 26.8. The van der Waals surface area contributed by atoms with Crippen LogP contribution in [0.1, 0.15) is 45.1 Å². The SMILES string of the molecule is CC(C)C(=O)N(C(=O)CCCCCN)[C@@H](Cc1ccccc1)C(=O)O.Nc1ccccn1. The number of aliphatic carboxylic acids is 1. The predicted molar refractivity (Wildman–Crippen MR) is 124 cm³/mol. The van der Waals surface area contributed by atoms with Crippen LogP contribution in [-0.4, -0.2) is 45.4 Å². The van der Waals surface area contributed by atoms with E-state index in [9.17, 15) is 19.5 Å². The van der Waals surface area contributed by atoms with Crippen molar-refractivity contribution in [1.82, 2.24) is 9.88 Å². The first-order chi connectivity index (χ1) is 15.3. The third-order valence-corrected chi connectivity index (χ3v) is 4.65. The van der Waals surface area contributed by atoms with Crippen LogP contribution in [0.5, 0.6) is 0 Å². The molecule has 2 amide bonds. The van der Waals surface area contributed by atoms with E-state index < -0.39 is 29.7 Å². The smallest absolute Gasteiger partial charge is 0.327 e. The van der Waals surface area contributed by atoms with Crippen molar-refractivity contribution in [2.24, 2.45) is 11.7 Å². The van der Waals surface area contributed by atoms with E-state index in [1.165, 1.54) is 0 Å². The highest BCUT2D eigenvalue weighted by molar-refractivity contribution is 6.00. The van der Waals surface area contributed by atoms with Gasteiger partial charge in [0.1, 0.15) is 11.9 Å². The van der Waals surface area contributed by atoms with Gasteiger partial charge in [0.2, 0.25) is 11.8 Å². The number of carboxylic acid groups (broad SMARTS) is 1. The van der Waals surface area contributed by atoms with Gasteiger partial charge in [-0.15, -0.1) is 0 Å². The first-order valence-corrected chi connectivity index (χ1v) is 10.8. The Morgan fingerprint density at radius 1 is 1.00 bits per heavy atom. The van der Waals surface area contributed by atoms with Crippen molar-refractivity contribution < 1.29 is 19.5 Å². The van der Waals surface area contributed by atoms with Gasteiger partial charge in [-0.05, 0) is 37.1 Å². The summed E-state index contributed by atoms with van der Waals surface area (Å²) >= 11 is 0. The van der Waals surface area contributed by atoms with Crippen molar-refractivity contribution in [3.8, 4) is 0 Å². The van der Waals surface area contributed by atoms with Gasteiger partial charge >= 0.3 is 5.97 Å². The van der Waals surface area contributed by atoms with E-state index in [0.717, 1.165) is 23.3 Å². The summed E-state index contributed by atoms with van der Waals surface area (Å²) in [4.78, 5) is 41.6. The van der Waals surface area contributed by atoms with Gasteiger partial charge in [0.25, 0.3) is 0 Å². The Morgan fingerprint density at radius 2 is 1.66 bits per heavy atom. The number of amides is 2. The normalized spacial score (nSPS) is 11.2. The molecule has 5 N–H and O–H groups in total. The molecule has 1 aromatic heterocycles. The minimum Gasteiger partial charge on any atom is -0.480 e. The zero-order valence-corrected chi connectivity index (χ0v) is 18.8.